The molecule has 2 atom stereocenters. The summed E-state index contributed by atoms with van der Waals surface area (Å²) in [6, 6.07) is 2.93. The lowest BCUT2D eigenvalue weighted by molar-refractivity contribution is 0.0174. The summed E-state index contributed by atoms with van der Waals surface area (Å²) in [7, 11) is 0. The molecule has 1 amide bonds. The quantitative estimate of drug-likeness (QED) is 0.913. The smallest absolute Gasteiger partial charge is 0.410 e. The van der Waals surface area contributed by atoms with Gasteiger partial charge in [0, 0.05) is 18.5 Å². The first kappa shape index (κ1) is 16.7. The van der Waals surface area contributed by atoms with Gasteiger partial charge in [-0.15, -0.1) is 0 Å². The lowest BCUT2D eigenvalue weighted by atomic mass is 9.96. The van der Waals surface area contributed by atoms with Crippen LogP contribution < -0.4 is 0 Å². The van der Waals surface area contributed by atoms with Gasteiger partial charge in [-0.1, -0.05) is 0 Å². The second kappa shape index (κ2) is 6.20. The van der Waals surface area contributed by atoms with Crippen molar-refractivity contribution in [2.75, 3.05) is 13.2 Å². The summed E-state index contributed by atoms with van der Waals surface area (Å²) in [5, 5.41) is 9.46. The molecule has 4 nitrogen and oxygen atoms in total. The molecule has 1 N–H and O–H groups in total. The van der Waals surface area contributed by atoms with E-state index in [1.807, 2.05) is 0 Å². The van der Waals surface area contributed by atoms with Crippen molar-refractivity contribution in [1.29, 1.82) is 0 Å². The summed E-state index contributed by atoms with van der Waals surface area (Å²) in [4.78, 5) is 13.6. The van der Waals surface area contributed by atoms with Gasteiger partial charge in [0.2, 0.25) is 0 Å². The van der Waals surface area contributed by atoms with E-state index in [0.717, 1.165) is 6.07 Å². The standard InChI is InChI=1S/C16H21F2NO3/c1-16(2,3)22-15(21)19-8-11(6-14(19)9-20)10-4-12(17)7-13(18)5-10/h4-5,7,11,14,20H,6,8-9H2,1-3H3/t11-,14+/m1/s1. The maximum absolute atomic E-state index is 13.3. The van der Waals surface area contributed by atoms with Gasteiger partial charge < -0.3 is 14.7 Å². The summed E-state index contributed by atoms with van der Waals surface area (Å²) in [5.74, 6) is -1.52. The predicted octanol–water partition coefficient (Wildman–Crippen LogP) is 3.05. The number of benzene rings is 1. The number of aliphatic hydroxyl groups is 1. The van der Waals surface area contributed by atoms with Gasteiger partial charge in [0.1, 0.15) is 17.2 Å². The van der Waals surface area contributed by atoms with Crippen LogP contribution >= 0.6 is 0 Å². The number of carbonyl (C=O) groups excluding carboxylic acids is 1. The van der Waals surface area contributed by atoms with E-state index in [4.69, 9.17) is 4.74 Å². The van der Waals surface area contributed by atoms with Crippen LogP contribution in [0.5, 0.6) is 0 Å². The second-order valence-corrected chi connectivity index (χ2v) is 6.60. The van der Waals surface area contributed by atoms with E-state index in [0.29, 0.717) is 12.0 Å². The summed E-state index contributed by atoms with van der Waals surface area (Å²) in [5.41, 5.74) is -0.151. The van der Waals surface area contributed by atoms with Gasteiger partial charge in [0.05, 0.1) is 12.6 Å². The lowest BCUT2D eigenvalue weighted by Crippen LogP contribution is -2.41. The Morgan fingerprint density at radius 1 is 1.32 bits per heavy atom. The average Bonchev–Trinajstić information content (AvgIpc) is 2.79. The molecule has 1 aromatic carbocycles. The Hall–Kier alpha value is -1.69. The van der Waals surface area contributed by atoms with E-state index < -0.39 is 29.4 Å². The first-order valence-corrected chi connectivity index (χ1v) is 7.26. The summed E-state index contributed by atoms with van der Waals surface area (Å²) >= 11 is 0. The van der Waals surface area contributed by atoms with E-state index >= 15 is 0 Å². The van der Waals surface area contributed by atoms with Gasteiger partial charge >= 0.3 is 6.09 Å². The molecule has 0 bridgehead atoms. The highest BCUT2D eigenvalue weighted by Gasteiger charge is 2.38. The molecule has 1 heterocycles. The molecule has 0 aliphatic carbocycles. The molecular formula is C16H21F2NO3. The average molecular weight is 313 g/mol. The van der Waals surface area contributed by atoms with Gasteiger partial charge in [-0.2, -0.15) is 0 Å². The molecule has 22 heavy (non-hydrogen) atoms. The molecule has 0 saturated carbocycles. The van der Waals surface area contributed by atoms with Gasteiger partial charge in [-0.05, 0) is 44.9 Å². The molecular weight excluding hydrogens is 292 g/mol. The molecule has 122 valence electrons. The van der Waals surface area contributed by atoms with Crippen LogP contribution in [0.2, 0.25) is 0 Å². The van der Waals surface area contributed by atoms with Gasteiger partial charge in [-0.3, -0.25) is 0 Å². The summed E-state index contributed by atoms with van der Waals surface area (Å²) in [6.45, 7) is 5.33. The number of carbonyl (C=O) groups is 1. The van der Waals surface area contributed by atoms with E-state index in [1.165, 1.54) is 17.0 Å². The maximum atomic E-state index is 13.3. The van der Waals surface area contributed by atoms with Crippen molar-refractivity contribution in [3.63, 3.8) is 0 Å². The molecule has 6 heteroatoms. The molecule has 1 fully saturated rings. The number of likely N-dealkylation sites (tertiary alicyclic amines) is 1. The maximum Gasteiger partial charge on any atom is 0.410 e. The third kappa shape index (κ3) is 3.94. The van der Waals surface area contributed by atoms with Crippen LogP contribution in [0.25, 0.3) is 0 Å². The zero-order chi connectivity index (χ0) is 16.5. The monoisotopic (exact) mass is 313 g/mol. The SMILES string of the molecule is CC(C)(C)OC(=O)N1C[C@H](c2cc(F)cc(F)c2)C[C@H]1CO. The van der Waals surface area contributed by atoms with Crippen molar-refractivity contribution in [3.8, 4) is 0 Å². The largest absolute Gasteiger partial charge is 0.444 e. The van der Waals surface area contributed by atoms with Crippen LogP contribution in [0, 0.1) is 11.6 Å². The second-order valence-electron chi connectivity index (χ2n) is 6.60. The third-order valence-electron chi connectivity index (χ3n) is 3.61. The van der Waals surface area contributed by atoms with Crippen molar-refractivity contribution in [3.05, 3.63) is 35.4 Å². The number of ether oxygens (including phenoxy) is 1. The van der Waals surface area contributed by atoms with Crippen LogP contribution in [-0.4, -0.2) is 40.9 Å². The lowest BCUT2D eigenvalue weighted by Gasteiger charge is -2.27. The van der Waals surface area contributed by atoms with E-state index in [-0.39, 0.29) is 19.1 Å². The highest BCUT2D eigenvalue weighted by Crippen LogP contribution is 2.33. The van der Waals surface area contributed by atoms with Crippen molar-refractivity contribution in [2.45, 2.75) is 44.8 Å². The van der Waals surface area contributed by atoms with Crippen molar-refractivity contribution >= 4 is 6.09 Å². The van der Waals surface area contributed by atoms with Gasteiger partial charge in [-0.25, -0.2) is 13.6 Å². The van der Waals surface area contributed by atoms with E-state index in [2.05, 4.69) is 0 Å². The van der Waals surface area contributed by atoms with Gasteiger partial charge in [0.15, 0.2) is 0 Å². The number of halogens is 2. The molecule has 0 spiro atoms. The van der Waals surface area contributed by atoms with Gasteiger partial charge in [0.25, 0.3) is 0 Å². The Labute approximate surface area is 128 Å². The Morgan fingerprint density at radius 3 is 2.41 bits per heavy atom. The van der Waals surface area contributed by atoms with Crippen LogP contribution in [0.4, 0.5) is 13.6 Å². The fourth-order valence-corrected chi connectivity index (χ4v) is 2.69. The minimum absolute atomic E-state index is 0.215. The van der Waals surface area contributed by atoms with E-state index in [9.17, 15) is 18.7 Å². The molecule has 0 unspecified atom stereocenters. The number of aliphatic hydroxyl groups excluding tert-OH is 1. The molecule has 1 aromatic rings. The number of hydrogen-bond acceptors (Lipinski definition) is 3. The topological polar surface area (TPSA) is 49.8 Å². The number of amides is 1. The zero-order valence-corrected chi connectivity index (χ0v) is 13.0. The van der Waals surface area contributed by atoms with Crippen LogP contribution in [0.1, 0.15) is 38.7 Å². The predicted molar refractivity (Wildman–Crippen MR) is 77.5 cm³/mol. The normalized spacial score (nSPS) is 22.0. The first-order valence-electron chi connectivity index (χ1n) is 7.26. The molecule has 2 rings (SSSR count). The minimum Gasteiger partial charge on any atom is -0.444 e. The first-order chi connectivity index (χ1) is 10.2. The minimum atomic E-state index is -0.647. The Kier molecular flexibility index (Phi) is 4.70. The Balaban J connectivity index is 2.16. The summed E-state index contributed by atoms with van der Waals surface area (Å²) < 4.78 is 32.0. The molecule has 1 saturated heterocycles. The highest BCUT2D eigenvalue weighted by atomic mass is 19.1. The molecule has 1 aliphatic heterocycles. The molecule has 0 radical (unpaired) electrons. The third-order valence-corrected chi connectivity index (χ3v) is 3.61. The van der Waals surface area contributed by atoms with Crippen LogP contribution in [0.15, 0.2) is 18.2 Å². The fourth-order valence-electron chi connectivity index (χ4n) is 2.69. The number of nitrogens with zero attached hydrogens (tertiary/aromatic N) is 1. The summed E-state index contributed by atoms with van der Waals surface area (Å²) in [6.07, 6.45) is -0.0792. The number of rotatable bonds is 2. The Morgan fingerprint density at radius 2 is 1.91 bits per heavy atom. The van der Waals surface area contributed by atoms with Crippen molar-refractivity contribution in [2.24, 2.45) is 0 Å². The molecule has 1 aliphatic rings. The van der Waals surface area contributed by atoms with Crippen LogP contribution in [0.3, 0.4) is 0 Å². The Bertz CT molecular complexity index is 537. The van der Waals surface area contributed by atoms with Crippen LogP contribution in [-0.2, 0) is 4.74 Å². The highest BCUT2D eigenvalue weighted by molar-refractivity contribution is 5.69. The number of hydrogen-bond donors (Lipinski definition) is 1. The molecule has 0 aromatic heterocycles. The van der Waals surface area contributed by atoms with Crippen molar-refractivity contribution in [1.82, 2.24) is 4.90 Å². The zero-order valence-electron chi connectivity index (χ0n) is 13.0. The fraction of sp³-hybridized carbons (Fsp3) is 0.562. The van der Waals surface area contributed by atoms with Crippen molar-refractivity contribution < 1.29 is 23.4 Å². The van der Waals surface area contributed by atoms with E-state index in [1.54, 1.807) is 20.8 Å².